The Morgan fingerprint density at radius 1 is 1.45 bits per heavy atom. The number of aromatic nitrogens is 2. The van der Waals surface area contributed by atoms with E-state index in [2.05, 4.69) is 28.1 Å². The highest BCUT2D eigenvalue weighted by Crippen LogP contribution is 2.28. The molecule has 2 unspecified atom stereocenters. The molecule has 0 saturated carbocycles. The highest BCUT2D eigenvalue weighted by Gasteiger charge is 2.31. The monoisotopic (exact) mass is 278 g/mol. The molecule has 5 nitrogen and oxygen atoms in total. The van der Waals surface area contributed by atoms with Crippen LogP contribution in [0.2, 0.25) is 0 Å². The maximum atomic E-state index is 12.5. The van der Waals surface area contributed by atoms with Gasteiger partial charge in [0.2, 0.25) is 5.91 Å². The molecule has 0 radical (unpaired) electrons. The first-order valence-electron chi connectivity index (χ1n) is 7.75. The Kier molecular flexibility index (Phi) is 5.17. The average molecular weight is 278 g/mol. The van der Waals surface area contributed by atoms with Gasteiger partial charge in [-0.25, -0.2) is 0 Å². The van der Waals surface area contributed by atoms with E-state index in [4.69, 9.17) is 0 Å². The van der Waals surface area contributed by atoms with Gasteiger partial charge in [-0.05, 0) is 46.2 Å². The SMILES string of the molecule is CCN(CC)C(=O)C1CC(c2ccnn2CC)CCN1. The van der Waals surface area contributed by atoms with E-state index in [1.807, 2.05) is 24.9 Å². The van der Waals surface area contributed by atoms with Crippen molar-refractivity contribution in [2.24, 2.45) is 0 Å². The molecule has 1 aliphatic rings. The Morgan fingerprint density at radius 2 is 2.20 bits per heavy atom. The summed E-state index contributed by atoms with van der Waals surface area (Å²) in [6.07, 6.45) is 3.82. The third-order valence-corrected chi connectivity index (χ3v) is 4.24. The molecule has 0 spiro atoms. The zero-order valence-corrected chi connectivity index (χ0v) is 12.8. The van der Waals surface area contributed by atoms with E-state index < -0.39 is 0 Å². The van der Waals surface area contributed by atoms with Crippen LogP contribution in [0, 0.1) is 0 Å². The molecule has 2 rings (SSSR count). The molecule has 1 aromatic heterocycles. The number of aryl methyl sites for hydroxylation is 1. The van der Waals surface area contributed by atoms with Crippen molar-refractivity contribution in [1.29, 1.82) is 0 Å². The topological polar surface area (TPSA) is 50.2 Å². The van der Waals surface area contributed by atoms with Crippen molar-refractivity contribution in [3.8, 4) is 0 Å². The maximum Gasteiger partial charge on any atom is 0.239 e. The number of amides is 1. The molecule has 0 aliphatic carbocycles. The summed E-state index contributed by atoms with van der Waals surface area (Å²) in [5.41, 5.74) is 1.27. The Morgan fingerprint density at radius 3 is 2.85 bits per heavy atom. The molecule has 112 valence electrons. The van der Waals surface area contributed by atoms with Crippen molar-refractivity contribution in [2.75, 3.05) is 19.6 Å². The van der Waals surface area contributed by atoms with Gasteiger partial charge in [0, 0.05) is 37.4 Å². The van der Waals surface area contributed by atoms with Gasteiger partial charge in [0.15, 0.2) is 0 Å². The van der Waals surface area contributed by atoms with Crippen LogP contribution in [0.15, 0.2) is 12.3 Å². The number of nitrogens with one attached hydrogen (secondary N) is 1. The lowest BCUT2D eigenvalue weighted by atomic mass is 9.89. The minimum Gasteiger partial charge on any atom is -0.342 e. The minimum absolute atomic E-state index is 0.0474. The number of hydrogen-bond acceptors (Lipinski definition) is 3. The highest BCUT2D eigenvalue weighted by molar-refractivity contribution is 5.82. The molecule has 5 heteroatoms. The maximum absolute atomic E-state index is 12.5. The fraction of sp³-hybridized carbons (Fsp3) is 0.733. The van der Waals surface area contributed by atoms with Crippen LogP contribution in [0.4, 0.5) is 0 Å². The standard InChI is InChI=1S/C15H26N4O/c1-4-18(5-2)15(20)13-11-12(7-9-16-13)14-8-10-17-19(14)6-3/h8,10,12-13,16H,4-7,9,11H2,1-3H3. The lowest BCUT2D eigenvalue weighted by Gasteiger charge is -2.33. The summed E-state index contributed by atoms with van der Waals surface area (Å²) in [6, 6.07) is 2.05. The molecule has 0 aromatic carbocycles. The van der Waals surface area contributed by atoms with E-state index in [0.717, 1.165) is 39.0 Å². The van der Waals surface area contributed by atoms with Crippen molar-refractivity contribution >= 4 is 5.91 Å². The second kappa shape index (κ2) is 6.88. The van der Waals surface area contributed by atoms with E-state index in [9.17, 15) is 4.79 Å². The molecule has 0 bridgehead atoms. The fourth-order valence-electron chi connectivity index (χ4n) is 3.08. The molecule has 1 aliphatic heterocycles. The van der Waals surface area contributed by atoms with E-state index in [0.29, 0.717) is 5.92 Å². The van der Waals surface area contributed by atoms with Gasteiger partial charge < -0.3 is 10.2 Å². The second-order valence-corrected chi connectivity index (χ2v) is 5.31. The van der Waals surface area contributed by atoms with Crippen LogP contribution in [0.5, 0.6) is 0 Å². The molecular weight excluding hydrogens is 252 g/mol. The largest absolute Gasteiger partial charge is 0.342 e. The van der Waals surface area contributed by atoms with Gasteiger partial charge in [-0.2, -0.15) is 5.10 Å². The van der Waals surface area contributed by atoms with Crippen LogP contribution in [-0.2, 0) is 11.3 Å². The predicted molar refractivity (Wildman–Crippen MR) is 79.6 cm³/mol. The number of hydrogen-bond donors (Lipinski definition) is 1. The summed E-state index contributed by atoms with van der Waals surface area (Å²) in [5, 5.41) is 7.72. The number of nitrogens with zero attached hydrogens (tertiary/aromatic N) is 3. The van der Waals surface area contributed by atoms with Crippen molar-refractivity contribution in [3.63, 3.8) is 0 Å². The van der Waals surface area contributed by atoms with Gasteiger partial charge in [0.1, 0.15) is 0 Å². The zero-order valence-electron chi connectivity index (χ0n) is 12.8. The molecular formula is C15H26N4O. The first-order chi connectivity index (χ1) is 9.71. The van der Waals surface area contributed by atoms with Gasteiger partial charge in [0.05, 0.1) is 6.04 Å². The molecule has 1 N–H and O–H groups in total. The van der Waals surface area contributed by atoms with Crippen LogP contribution >= 0.6 is 0 Å². The summed E-state index contributed by atoms with van der Waals surface area (Å²) in [7, 11) is 0. The van der Waals surface area contributed by atoms with Crippen LogP contribution in [0.25, 0.3) is 0 Å². The molecule has 1 amide bonds. The Bertz CT molecular complexity index is 439. The smallest absolute Gasteiger partial charge is 0.239 e. The Labute approximate surface area is 121 Å². The van der Waals surface area contributed by atoms with E-state index in [-0.39, 0.29) is 11.9 Å². The molecule has 1 saturated heterocycles. The van der Waals surface area contributed by atoms with Crippen molar-refractivity contribution in [1.82, 2.24) is 20.0 Å². The van der Waals surface area contributed by atoms with Crippen molar-refractivity contribution in [2.45, 2.75) is 52.1 Å². The zero-order chi connectivity index (χ0) is 14.5. The third-order valence-electron chi connectivity index (χ3n) is 4.24. The minimum atomic E-state index is -0.0474. The van der Waals surface area contributed by atoms with E-state index in [1.54, 1.807) is 0 Å². The number of likely N-dealkylation sites (N-methyl/N-ethyl adjacent to an activating group) is 1. The van der Waals surface area contributed by atoms with Gasteiger partial charge in [-0.1, -0.05) is 0 Å². The fourth-order valence-corrected chi connectivity index (χ4v) is 3.08. The molecule has 1 aromatic rings. The second-order valence-electron chi connectivity index (χ2n) is 5.31. The van der Waals surface area contributed by atoms with Gasteiger partial charge in [0.25, 0.3) is 0 Å². The lowest BCUT2D eigenvalue weighted by Crippen LogP contribution is -2.50. The van der Waals surface area contributed by atoms with Crippen LogP contribution < -0.4 is 5.32 Å². The first kappa shape index (κ1) is 15.0. The molecule has 1 fully saturated rings. The highest BCUT2D eigenvalue weighted by atomic mass is 16.2. The normalized spacial score (nSPS) is 22.8. The van der Waals surface area contributed by atoms with Crippen molar-refractivity contribution in [3.05, 3.63) is 18.0 Å². The summed E-state index contributed by atoms with van der Waals surface area (Å²) in [5.74, 6) is 0.672. The summed E-state index contributed by atoms with van der Waals surface area (Å²) in [4.78, 5) is 14.4. The van der Waals surface area contributed by atoms with Gasteiger partial charge in [-0.15, -0.1) is 0 Å². The number of carbonyl (C=O) groups is 1. The van der Waals surface area contributed by atoms with Gasteiger partial charge in [-0.3, -0.25) is 9.48 Å². The van der Waals surface area contributed by atoms with Crippen LogP contribution in [0.3, 0.4) is 0 Å². The summed E-state index contributed by atoms with van der Waals surface area (Å²) < 4.78 is 2.05. The molecule has 20 heavy (non-hydrogen) atoms. The predicted octanol–water partition coefficient (Wildman–Crippen LogP) is 1.61. The lowest BCUT2D eigenvalue weighted by molar-refractivity contribution is -0.133. The Hall–Kier alpha value is -1.36. The summed E-state index contributed by atoms with van der Waals surface area (Å²) in [6.45, 7) is 9.53. The third kappa shape index (κ3) is 3.03. The quantitative estimate of drug-likeness (QED) is 0.890. The molecule has 2 atom stereocenters. The van der Waals surface area contributed by atoms with Gasteiger partial charge >= 0.3 is 0 Å². The van der Waals surface area contributed by atoms with E-state index >= 15 is 0 Å². The number of carbonyl (C=O) groups excluding carboxylic acids is 1. The van der Waals surface area contributed by atoms with Crippen molar-refractivity contribution < 1.29 is 4.79 Å². The first-order valence-corrected chi connectivity index (χ1v) is 7.75. The number of rotatable bonds is 5. The number of piperidine rings is 1. The van der Waals surface area contributed by atoms with E-state index in [1.165, 1.54) is 5.69 Å². The van der Waals surface area contributed by atoms with Crippen LogP contribution in [0.1, 0.15) is 45.2 Å². The Balaban J connectivity index is 2.07. The molecule has 2 heterocycles. The van der Waals surface area contributed by atoms with Crippen LogP contribution in [-0.4, -0.2) is 46.3 Å². The average Bonchev–Trinajstić information content (AvgIpc) is 2.97. The summed E-state index contributed by atoms with van der Waals surface area (Å²) >= 11 is 0.